The summed E-state index contributed by atoms with van der Waals surface area (Å²) < 4.78 is 0. The minimum atomic E-state index is -0.835. The van der Waals surface area contributed by atoms with Gasteiger partial charge in [-0.25, -0.2) is 5.43 Å². The Morgan fingerprint density at radius 1 is 1.09 bits per heavy atom. The van der Waals surface area contributed by atoms with E-state index in [1.807, 2.05) is 30.3 Å². The van der Waals surface area contributed by atoms with Crippen LogP contribution < -0.4 is 16.5 Å². The van der Waals surface area contributed by atoms with Crippen molar-refractivity contribution >= 4 is 34.6 Å². The molecule has 0 spiro atoms. The Labute approximate surface area is 189 Å². The van der Waals surface area contributed by atoms with E-state index in [9.17, 15) is 14.7 Å². The molecule has 0 unspecified atom stereocenters. The number of benzene rings is 3. The van der Waals surface area contributed by atoms with Crippen LogP contribution in [-0.2, 0) is 11.2 Å². The first-order valence-electron chi connectivity index (χ1n) is 10.4. The van der Waals surface area contributed by atoms with Gasteiger partial charge in [0, 0.05) is 22.2 Å². The first kappa shape index (κ1) is 20.5. The molecule has 0 radical (unpaired) electrons. The fourth-order valence-electron chi connectivity index (χ4n) is 4.05. The van der Waals surface area contributed by atoms with E-state index in [-0.39, 0.29) is 18.1 Å². The molecule has 1 aliphatic heterocycles. The number of carbonyl (C=O) groups excluding carboxylic acids is 2. The SMILES string of the molecule is N[C@H](Cc1cccc(O)c1)C(=O)Nc1cc2c3c(c(-c4ccccc4)[nH]c3c1)C=NNC2=O. The third kappa shape index (κ3) is 3.95. The molecule has 0 fully saturated rings. The molecule has 33 heavy (non-hydrogen) atoms. The van der Waals surface area contributed by atoms with Crippen molar-refractivity contribution in [2.75, 3.05) is 5.32 Å². The maximum atomic E-state index is 12.8. The predicted octanol–water partition coefficient (Wildman–Crippen LogP) is 3.13. The Hall–Kier alpha value is -4.43. The number of hydrazone groups is 1. The monoisotopic (exact) mass is 439 g/mol. The average Bonchev–Trinajstić information content (AvgIpc) is 3.08. The van der Waals surface area contributed by atoms with Crippen LogP contribution >= 0.6 is 0 Å². The van der Waals surface area contributed by atoms with Crippen LogP contribution in [0.3, 0.4) is 0 Å². The summed E-state index contributed by atoms with van der Waals surface area (Å²) in [6.45, 7) is 0. The number of nitrogens with one attached hydrogen (secondary N) is 3. The first-order valence-corrected chi connectivity index (χ1v) is 10.4. The lowest BCUT2D eigenvalue weighted by Crippen LogP contribution is -2.37. The number of hydrogen-bond acceptors (Lipinski definition) is 5. The molecular weight excluding hydrogens is 418 g/mol. The summed E-state index contributed by atoms with van der Waals surface area (Å²) in [5, 5.41) is 17.2. The second kappa shape index (κ2) is 8.25. The van der Waals surface area contributed by atoms with E-state index >= 15 is 0 Å². The third-order valence-electron chi connectivity index (χ3n) is 5.57. The summed E-state index contributed by atoms with van der Waals surface area (Å²) in [4.78, 5) is 28.8. The smallest absolute Gasteiger partial charge is 0.272 e. The summed E-state index contributed by atoms with van der Waals surface area (Å²) in [5.74, 6) is -0.648. The third-order valence-corrected chi connectivity index (χ3v) is 5.57. The molecule has 0 bridgehead atoms. The predicted molar refractivity (Wildman–Crippen MR) is 127 cm³/mol. The molecule has 6 N–H and O–H groups in total. The standard InChI is InChI=1S/C25H21N5O3/c26-20(10-14-5-4-8-17(31)9-14)25(33)28-16-11-18-22-19(13-27-30-24(18)32)23(29-21(22)12-16)15-6-2-1-3-7-15/h1-9,11-13,20,29,31H,10,26H2,(H,28,33)(H,30,32)/t20-/m1/s1. The van der Waals surface area contributed by atoms with Gasteiger partial charge in [-0.15, -0.1) is 0 Å². The van der Waals surface area contributed by atoms with Crippen molar-refractivity contribution < 1.29 is 14.7 Å². The van der Waals surface area contributed by atoms with Gasteiger partial charge in [0.15, 0.2) is 0 Å². The van der Waals surface area contributed by atoms with Crippen molar-refractivity contribution in [2.24, 2.45) is 10.8 Å². The van der Waals surface area contributed by atoms with Crippen LogP contribution in [0, 0.1) is 0 Å². The number of nitrogens with zero attached hydrogens (tertiary/aromatic N) is 1. The molecular formula is C25H21N5O3. The quantitative estimate of drug-likeness (QED) is 0.327. The number of phenols is 1. The van der Waals surface area contributed by atoms with Crippen molar-refractivity contribution in [3.63, 3.8) is 0 Å². The van der Waals surface area contributed by atoms with Gasteiger partial charge in [0.2, 0.25) is 5.91 Å². The summed E-state index contributed by atoms with van der Waals surface area (Å²) in [7, 11) is 0. The number of nitrogens with two attached hydrogens (primary N) is 1. The van der Waals surface area contributed by atoms with Gasteiger partial charge in [0.25, 0.3) is 5.91 Å². The number of rotatable bonds is 5. The normalized spacial score (nSPS) is 13.4. The number of carbonyl (C=O) groups is 2. The molecule has 164 valence electrons. The highest BCUT2D eigenvalue weighted by Crippen LogP contribution is 2.34. The minimum Gasteiger partial charge on any atom is -0.508 e. The highest BCUT2D eigenvalue weighted by molar-refractivity contribution is 6.18. The van der Waals surface area contributed by atoms with Crippen molar-refractivity contribution in [1.82, 2.24) is 10.4 Å². The summed E-state index contributed by atoms with van der Waals surface area (Å²) in [5.41, 5.74) is 13.5. The number of anilines is 1. The maximum Gasteiger partial charge on any atom is 0.272 e. The number of amides is 2. The van der Waals surface area contributed by atoms with Crippen molar-refractivity contribution in [1.29, 1.82) is 0 Å². The molecule has 8 nitrogen and oxygen atoms in total. The zero-order chi connectivity index (χ0) is 22.9. The zero-order valence-corrected chi connectivity index (χ0v) is 17.5. The lowest BCUT2D eigenvalue weighted by molar-refractivity contribution is -0.117. The van der Waals surface area contributed by atoms with E-state index in [2.05, 4.69) is 20.8 Å². The summed E-state index contributed by atoms with van der Waals surface area (Å²) in [6.07, 6.45) is 1.88. The lowest BCUT2D eigenvalue weighted by atomic mass is 10.0. The van der Waals surface area contributed by atoms with Crippen molar-refractivity contribution in [3.05, 3.63) is 83.4 Å². The maximum absolute atomic E-state index is 12.8. The number of phenolic OH excluding ortho intramolecular Hbond substituents is 1. The Kier molecular flexibility index (Phi) is 5.12. The second-order valence-electron chi connectivity index (χ2n) is 7.89. The molecule has 0 saturated carbocycles. The Bertz CT molecular complexity index is 1410. The fourth-order valence-corrected chi connectivity index (χ4v) is 4.05. The van der Waals surface area contributed by atoms with Crippen LogP contribution in [-0.4, -0.2) is 34.2 Å². The van der Waals surface area contributed by atoms with Crippen LogP contribution in [0.4, 0.5) is 5.69 Å². The molecule has 1 aliphatic rings. The highest BCUT2D eigenvalue weighted by atomic mass is 16.3. The van der Waals surface area contributed by atoms with Crippen LogP contribution in [0.1, 0.15) is 21.5 Å². The zero-order valence-electron chi connectivity index (χ0n) is 17.5. The molecule has 0 saturated heterocycles. The molecule has 1 aromatic heterocycles. The number of aromatic amines is 1. The number of aromatic nitrogens is 1. The van der Waals surface area contributed by atoms with Gasteiger partial charge in [-0.05, 0) is 41.8 Å². The van der Waals surface area contributed by atoms with Gasteiger partial charge in [-0.1, -0.05) is 42.5 Å². The fraction of sp³-hybridized carbons (Fsp3) is 0.0800. The van der Waals surface area contributed by atoms with Crippen molar-refractivity contribution in [2.45, 2.75) is 12.5 Å². The summed E-state index contributed by atoms with van der Waals surface area (Å²) >= 11 is 0. The largest absolute Gasteiger partial charge is 0.508 e. The van der Waals surface area contributed by atoms with Gasteiger partial charge >= 0.3 is 0 Å². The van der Waals surface area contributed by atoms with E-state index < -0.39 is 11.9 Å². The highest BCUT2D eigenvalue weighted by Gasteiger charge is 2.23. The van der Waals surface area contributed by atoms with E-state index in [1.54, 1.807) is 42.6 Å². The van der Waals surface area contributed by atoms with Gasteiger partial charge in [-0.2, -0.15) is 5.10 Å². The Morgan fingerprint density at radius 3 is 2.70 bits per heavy atom. The molecule has 1 atom stereocenters. The van der Waals surface area contributed by atoms with Gasteiger partial charge < -0.3 is 21.1 Å². The van der Waals surface area contributed by atoms with Crippen LogP contribution in [0.15, 0.2) is 71.8 Å². The Balaban J connectivity index is 1.49. The van der Waals surface area contributed by atoms with Crippen LogP contribution in [0.5, 0.6) is 5.75 Å². The first-order chi connectivity index (χ1) is 16.0. The topological polar surface area (TPSA) is 133 Å². The second-order valence-corrected chi connectivity index (χ2v) is 7.89. The molecule has 0 aliphatic carbocycles. The summed E-state index contributed by atoms with van der Waals surface area (Å²) in [6, 6.07) is 18.9. The Morgan fingerprint density at radius 2 is 1.91 bits per heavy atom. The number of aromatic hydroxyl groups is 1. The molecule has 8 heteroatoms. The van der Waals surface area contributed by atoms with E-state index in [0.29, 0.717) is 16.8 Å². The molecule has 2 heterocycles. The van der Waals surface area contributed by atoms with E-state index in [0.717, 1.165) is 27.8 Å². The number of H-pyrrole nitrogens is 1. The van der Waals surface area contributed by atoms with E-state index in [4.69, 9.17) is 5.73 Å². The minimum absolute atomic E-state index is 0.116. The molecule has 3 aromatic carbocycles. The van der Waals surface area contributed by atoms with Gasteiger partial charge in [-0.3, -0.25) is 9.59 Å². The van der Waals surface area contributed by atoms with Crippen LogP contribution in [0.25, 0.3) is 22.2 Å². The molecule has 2 amide bonds. The number of hydrogen-bond donors (Lipinski definition) is 5. The lowest BCUT2D eigenvalue weighted by Gasteiger charge is -2.13. The molecule has 4 aromatic rings. The molecule has 5 rings (SSSR count). The van der Waals surface area contributed by atoms with Crippen molar-refractivity contribution in [3.8, 4) is 17.0 Å². The van der Waals surface area contributed by atoms with Gasteiger partial charge in [0.1, 0.15) is 5.75 Å². The van der Waals surface area contributed by atoms with E-state index in [1.165, 1.54) is 0 Å². The average molecular weight is 439 g/mol. The van der Waals surface area contributed by atoms with Crippen LogP contribution in [0.2, 0.25) is 0 Å². The van der Waals surface area contributed by atoms with Gasteiger partial charge in [0.05, 0.1) is 23.5 Å².